The molecule has 2 aromatic heterocycles. The molecule has 0 aliphatic heterocycles. The minimum absolute atomic E-state index is 0.256. The van der Waals surface area contributed by atoms with E-state index in [4.69, 9.17) is 4.74 Å². The standard InChI is InChI=1S/C26H29N5O3/c1-17-15-19(6-9-22(17)29-20-11-13-27-14-12-20)25(32)31-23(8-5-18-3-4-18)26(33)30-21-7-10-24(34-2)28-16-21/h6-7,9-16,18,23H,3-5,8H2,1-2H3,(H,27,29)(H,30,33)(H,31,32). The van der Waals surface area contributed by atoms with Gasteiger partial charge in [-0.1, -0.05) is 12.8 Å². The van der Waals surface area contributed by atoms with E-state index in [1.807, 2.05) is 31.2 Å². The maximum absolute atomic E-state index is 13.0. The largest absolute Gasteiger partial charge is 0.481 e. The number of nitrogens with zero attached hydrogens (tertiary/aromatic N) is 2. The Morgan fingerprint density at radius 3 is 2.53 bits per heavy atom. The van der Waals surface area contributed by atoms with Gasteiger partial charge >= 0.3 is 0 Å². The Bertz CT molecular complexity index is 1130. The summed E-state index contributed by atoms with van der Waals surface area (Å²) >= 11 is 0. The first-order valence-electron chi connectivity index (χ1n) is 11.4. The molecule has 2 amide bonds. The zero-order valence-corrected chi connectivity index (χ0v) is 19.4. The number of aryl methyl sites for hydroxylation is 1. The van der Waals surface area contributed by atoms with Gasteiger partial charge in [0.15, 0.2) is 0 Å². The fourth-order valence-electron chi connectivity index (χ4n) is 3.66. The van der Waals surface area contributed by atoms with Gasteiger partial charge in [-0.2, -0.15) is 0 Å². The third kappa shape index (κ3) is 6.31. The number of rotatable bonds is 10. The zero-order valence-electron chi connectivity index (χ0n) is 19.4. The van der Waals surface area contributed by atoms with Gasteiger partial charge in [-0.3, -0.25) is 14.6 Å². The van der Waals surface area contributed by atoms with E-state index in [1.54, 1.807) is 30.6 Å². The molecular weight excluding hydrogens is 430 g/mol. The molecule has 4 rings (SSSR count). The highest BCUT2D eigenvalue weighted by molar-refractivity contribution is 6.01. The molecule has 2 heterocycles. The van der Waals surface area contributed by atoms with Gasteiger partial charge in [0, 0.05) is 35.4 Å². The Kier molecular flexibility index (Phi) is 7.37. The third-order valence-electron chi connectivity index (χ3n) is 5.84. The molecule has 8 nitrogen and oxygen atoms in total. The summed E-state index contributed by atoms with van der Waals surface area (Å²) in [5.74, 6) is 0.584. The normalized spacial score (nSPS) is 13.6. The zero-order chi connectivity index (χ0) is 23.9. The van der Waals surface area contributed by atoms with Crippen LogP contribution in [-0.2, 0) is 4.79 Å². The molecule has 1 aliphatic carbocycles. The fraction of sp³-hybridized carbons (Fsp3) is 0.308. The van der Waals surface area contributed by atoms with Gasteiger partial charge in [0.1, 0.15) is 6.04 Å². The summed E-state index contributed by atoms with van der Waals surface area (Å²) in [4.78, 5) is 34.2. The molecule has 8 heteroatoms. The van der Waals surface area contributed by atoms with Gasteiger partial charge in [0.2, 0.25) is 11.8 Å². The van der Waals surface area contributed by atoms with Crippen LogP contribution >= 0.6 is 0 Å². The number of hydrogen-bond donors (Lipinski definition) is 3. The summed E-state index contributed by atoms with van der Waals surface area (Å²) in [6.07, 6.45) is 8.85. The molecule has 1 aromatic carbocycles. The molecule has 1 aliphatic rings. The summed E-state index contributed by atoms with van der Waals surface area (Å²) in [6, 6.07) is 12.0. The van der Waals surface area contributed by atoms with E-state index in [9.17, 15) is 9.59 Å². The smallest absolute Gasteiger partial charge is 0.251 e. The molecule has 1 saturated carbocycles. The highest BCUT2D eigenvalue weighted by Gasteiger charge is 2.27. The second kappa shape index (κ2) is 10.8. The monoisotopic (exact) mass is 459 g/mol. The molecule has 3 N–H and O–H groups in total. The molecule has 1 atom stereocenters. The lowest BCUT2D eigenvalue weighted by Crippen LogP contribution is -2.44. The molecule has 1 fully saturated rings. The Hall–Kier alpha value is -3.94. The number of methoxy groups -OCH3 is 1. The van der Waals surface area contributed by atoms with Crippen molar-refractivity contribution in [2.75, 3.05) is 17.7 Å². The van der Waals surface area contributed by atoms with Crippen molar-refractivity contribution in [3.05, 3.63) is 72.2 Å². The van der Waals surface area contributed by atoms with E-state index in [0.717, 1.165) is 23.4 Å². The minimum Gasteiger partial charge on any atom is -0.481 e. The number of anilines is 3. The average molecular weight is 460 g/mol. The van der Waals surface area contributed by atoms with Crippen molar-refractivity contribution in [3.63, 3.8) is 0 Å². The Morgan fingerprint density at radius 2 is 1.88 bits per heavy atom. The van der Waals surface area contributed by atoms with Gasteiger partial charge in [0.05, 0.1) is 19.0 Å². The highest BCUT2D eigenvalue weighted by atomic mass is 16.5. The van der Waals surface area contributed by atoms with Crippen LogP contribution in [0.3, 0.4) is 0 Å². The number of carbonyl (C=O) groups is 2. The van der Waals surface area contributed by atoms with Crippen molar-refractivity contribution >= 4 is 28.9 Å². The van der Waals surface area contributed by atoms with Gasteiger partial charge in [-0.15, -0.1) is 0 Å². The lowest BCUT2D eigenvalue weighted by atomic mass is 10.1. The summed E-state index contributed by atoms with van der Waals surface area (Å²) in [6.45, 7) is 1.94. The van der Waals surface area contributed by atoms with Crippen LogP contribution in [0, 0.1) is 12.8 Å². The highest BCUT2D eigenvalue weighted by Crippen LogP contribution is 2.34. The van der Waals surface area contributed by atoms with Crippen LogP contribution in [-0.4, -0.2) is 34.9 Å². The van der Waals surface area contributed by atoms with Crippen LogP contribution in [0.25, 0.3) is 0 Å². The van der Waals surface area contributed by atoms with E-state index in [0.29, 0.717) is 29.5 Å². The number of benzene rings is 1. The number of nitrogens with one attached hydrogen (secondary N) is 3. The van der Waals surface area contributed by atoms with Crippen LogP contribution in [0.15, 0.2) is 61.1 Å². The predicted molar refractivity (Wildman–Crippen MR) is 131 cm³/mol. The summed E-state index contributed by atoms with van der Waals surface area (Å²) in [5, 5.41) is 9.11. The van der Waals surface area contributed by atoms with E-state index in [2.05, 4.69) is 25.9 Å². The molecule has 0 saturated heterocycles. The van der Waals surface area contributed by atoms with Crippen molar-refractivity contribution in [2.24, 2.45) is 5.92 Å². The number of pyridine rings is 2. The van der Waals surface area contributed by atoms with Gasteiger partial charge in [-0.25, -0.2) is 4.98 Å². The Balaban J connectivity index is 1.42. The van der Waals surface area contributed by atoms with Crippen molar-refractivity contribution in [2.45, 2.75) is 38.6 Å². The number of ether oxygens (including phenoxy) is 1. The van der Waals surface area contributed by atoms with E-state index < -0.39 is 6.04 Å². The molecule has 0 spiro atoms. The molecule has 34 heavy (non-hydrogen) atoms. The van der Waals surface area contributed by atoms with Gasteiger partial charge < -0.3 is 20.7 Å². The van der Waals surface area contributed by atoms with Gasteiger partial charge in [0.25, 0.3) is 5.91 Å². The molecular formula is C26H29N5O3. The maximum Gasteiger partial charge on any atom is 0.251 e. The third-order valence-corrected chi connectivity index (χ3v) is 5.84. The van der Waals surface area contributed by atoms with E-state index >= 15 is 0 Å². The molecule has 3 aromatic rings. The number of carbonyl (C=O) groups excluding carboxylic acids is 2. The van der Waals surface area contributed by atoms with Gasteiger partial charge in [-0.05, 0) is 67.6 Å². The second-order valence-corrected chi connectivity index (χ2v) is 8.52. The van der Waals surface area contributed by atoms with Crippen molar-refractivity contribution in [1.29, 1.82) is 0 Å². The first-order valence-corrected chi connectivity index (χ1v) is 11.4. The van der Waals surface area contributed by atoms with Crippen molar-refractivity contribution in [1.82, 2.24) is 15.3 Å². The fourth-order valence-corrected chi connectivity index (χ4v) is 3.66. The van der Waals surface area contributed by atoms with Crippen LogP contribution < -0.4 is 20.7 Å². The second-order valence-electron chi connectivity index (χ2n) is 8.52. The van der Waals surface area contributed by atoms with E-state index in [-0.39, 0.29) is 11.8 Å². The summed E-state index contributed by atoms with van der Waals surface area (Å²) in [5.41, 5.74) is 3.80. The molecule has 0 radical (unpaired) electrons. The lowest BCUT2D eigenvalue weighted by Gasteiger charge is -2.19. The predicted octanol–water partition coefficient (Wildman–Crippen LogP) is 4.46. The first kappa shape index (κ1) is 23.2. The van der Waals surface area contributed by atoms with Crippen LogP contribution in [0.5, 0.6) is 5.88 Å². The first-order chi connectivity index (χ1) is 16.5. The van der Waals surface area contributed by atoms with Crippen molar-refractivity contribution in [3.8, 4) is 5.88 Å². The number of aromatic nitrogens is 2. The van der Waals surface area contributed by atoms with Crippen LogP contribution in [0.4, 0.5) is 17.1 Å². The Morgan fingerprint density at radius 1 is 1.09 bits per heavy atom. The number of amides is 2. The number of hydrogen-bond acceptors (Lipinski definition) is 6. The van der Waals surface area contributed by atoms with Crippen LogP contribution in [0.1, 0.15) is 41.6 Å². The topological polar surface area (TPSA) is 105 Å². The lowest BCUT2D eigenvalue weighted by molar-refractivity contribution is -0.118. The summed E-state index contributed by atoms with van der Waals surface area (Å²) in [7, 11) is 1.54. The maximum atomic E-state index is 13.0. The quantitative estimate of drug-likeness (QED) is 0.413. The molecule has 1 unspecified atom stereocenters. The summed E-state index contributed by atoms with van der Waals surface area (Å²) < 4.78 is 5.06. The van der Waals surface area contributed by atoms with Crippen LogP contribution in [0.2, 0.25) is 0 Å². The molecule has 176 valence electrons. The van der Waals surface area contributed by atoms with Crippen molar-refractivity contribution < 1.29 is 14.3 Å². The minimum atomic E-state index is -0.634. The van der Waals surface area contributed by atoms with E-state index in [1.165, 1.54) is 26.1 Å². The Labute approximate surface area is 199 Å². The molecule has 0 bridgehead atoms. The SMILES string of the molecule is COc1ccc(NC(=O)C(CCC2CC2)NC(=O)c2ccc(Nc3ccncc3)c(C)c2)cn1. The average Bonchev–Trinajstić information content (AvgIpc) is 3.68.